The number of likely N-dealkylation sites (N-methyl/N-ethyl adjacent to an activating group) is 1. The highest BCUT2D eigenvalue weighted by molar-refractivity contribution is 5.59. The maximum atomic E-state index is 5.64. The van der Waals surface area contributed by atoms with Gasteiger partial charge in [0.25, 0.3) is 0 Å². The predicted octanol–water partition coefficient (Wildman–Crippen LogP) is 1.51. The monoisotopic (exact) mass is 292 g/mol. The third-order valence-corrected chi connectivity index (χ3v) is 4.12. The normalized spacial score (nSPS) is 19.4. The molecule has 0 radical (unpaired) electrons. The molecule has 1 fully saturated rings. The Hall–Kier alpha value is -1.40. The van der Waals surface area contributed by atoms with Gasteiger partial charge in [-0.1, -0.05) is 20.8 Å². The molecule has 0 amide bonds. The molecule has 0 aliphatic carbocycles. The Labute approximate surface area is 127 Å². The summed E-state index contributed by atoms with van der Waals surface area (Å²) in [6, 6.07) is 0.576. The lowest BCUT2D eigenvalue weighted by Gasteiger charge is -2.26. The number of rotatable bonds is 3. The average Bonchev–Trinajstić information content (AvgIpc) is 2.87. The zero-order valence-corrected chi connectivity index (χ0v) is 14.1. The minimum atomic E-state index is -0.102. The van der Waals surface area contributed by atoms with E-state index < -0.39 is 0 Å². The second kappa shape index (κ2) is 5.77. The number of hydrogen-bond donors (Lipinski definition) is 2. The number of hydrazine groups is 1. The highest BCUT2D eigenvalue weighted by atomic mass is 15.3. The number of nitrogens with one attached hydrogen (secondary N) is 1. The first-order chi connectivity index (χ1) is 9.74. The number of hydrogen-bond acceptors (Lipinski definition) is 6. The van der Waals surface area contributed by atoms with E-state index in [0.717, 1.165) is 42.5 Å². The van der Waals surface area contributed by atoms with Crippen molar-refractivity contribution < 1.29 is 0 Å². The predicted molar refractivity (Wildman–Crippen MR) is 87.6 cm³/mol. The van der Waals surface area contributed by atoms with Crippen molar-refractivity contribution in [3.05, 3.63) is 11.4 Å². The van der Waals surface area contributed by atoms with E-state index in [9.17, 15) is 0 Å². The third kappa shape index (κ3) is 3.27. The summed E-state index contributed by atoms with van der Waals surface area (Å²) in [5.74, 6) is 8.19. The maximum absolute atomic E-state index is 5.64. The smallest absolute Gasteiger partial charge is 0.148 e. The van der Waals surface area contributed by atoms with Crippen molar-refractivity contribution in [3.63, 3.8) is 0 Å². The van der Waals surface area contributed by atoms with E-state index in [2.05, 4.69) is 55.1 Å². The van der Waals surface area contributed by atoms with Gasteiger partial charge in [0.2, 0.25) is 0 Å². The Morgan fingerprint density at radius 1 is 1.29 bits per heavy atom. The van der Waals surface area contributed by atoms with E-state index in [1.54, 1.807) is 0 Å². The first-order valence-electron chi connectivity index (χ1n) is 7.51. The van der Waals surface area contributed by atoms with Crippen molar-refractivity contribution in [1.29, 1.82) is 0 Å². The fraction of sp³-hybridized carbons (Fsp3) is 0.733. The molecule has 2 heterocycles. The summed E-state index contributed by atoms with van der Waals surface area (Å²) in [5, 5.41) is 0. The summed E-state index contributed by atoms with van der Waals surface area (Å²) in [5.41, 5.74) is 3.63. The first-order valence-corrected chi connectivity index (χ1v) is 7.51. The van der Waals surface area contributed by atoms with Gasteiger partial charge in [0, 0.05) is 30.1 Å². The van der Waals surface area contributed by atoms with Crippen LogP contribution in [-0.2, 0) is 5.41 Å². The molecule has 0 spiro atoms. The number of nitrogens with two attached hydrogens (primary N) is 1. The van der Waals surface area contributed by atoms with Gasteiger partial charge in [-0.15, -0.1) is 0 Å². The van der Waals surface area contributed by atoms with E-state index in [1.807, 2.05) is 6.92 Å². The lowest BCUT2D eigenvalue weighted by Crippen LogP contribution is -2.32. The van der Waals surface area contributed by atoms with Gasteiger partial charge >= 0.3 is 0 Å². The third-order valence-electron chi connectivity index (χ3n) is 4.12. The largest absolute Gasteiger partial charge is 0.355 e. The summed E-state index contributed by atoms with van der Waals surface area (Å²) < 4.78 is 0. The molecule has 1 aromatic heterocycles. The Kier molecular flexibility index (Phi) is 4.39. The van der Waals surface area contributed by atoms with Crippen molar-refractivity contribution in [2.24, 2.45) is 5.84 Å². The zero-order valence-electron chi connectivity index (χ0n) is 14.1. The molecule has 0 aromatic carbocycles. The minimum Gasteiger partial charge on any atom is -0.355 e. The Bertz CT molecular complexity index is 506. The van der Waals surface area contributed by atoms with Crippen LogP contribution in [0.3, 0.4) is 0 Å². The van der Waals surface area contributed by atoms with Gasteiger partial charge in [0.05, 0.1) is 0 Å². The standard InChI is InChI=1S/C15H28N6/c1-10-12(19-16)17-14(15(2,3)4)18-13(10)21-8-7-11(9-21)20(5)6/h11H,7-9,16H2,1-6H3,(H,17,18,19). The van der Waals surface area contributed by atoms with E-state index in [0.29, 0.717) is 6.04 Å². The van der Waals surface area contributed by atoms with Crippen LogP contribution in [0.1, 0.15) is 38.6 Å². The van der Waals surface area contributed by atoms with Gasteiger partial charge in [-0.2, -0.15) is 0 Å². The highest BCUT2D eigenvalue weighted by Gasteiger charge is 2.29. The van der Waals surface area contributed by atoms with Crippen LogP contribution in [0.2, 0.25) is 0 Å². The van der Waals surface area contributed by atoms with Crippen LogP contribution in [0, 0.1) is 6.92 Å². The van der Waals surface area contributed by atoms with Crippen molar-refractivity contribution in [1.82, 2.24) is 14.9 Å². The van der Waals surface area contributed by atoms with Gasteiger partial charge in [-0.05, 0) is 27.4 Å². The summed E-state index contributed by atoms with van der Waals surface area (Å²) in [6.07, 6.45) is 1.16. The molecule has 0 saturated carbocycles. The van der Waals surface area contributed by atoms with Crippen molar-refractivity contribution in [2.75, 3.05) is 37.5 Å². The van der Waals surface area contributed by atoms with Crippen LogP contribution < -0.4 is 16.2 Å². The van der Waals surface area contributed by atoms with Crippen LogP contribution in [0.5, 0.6) is 0 Å². The SMILES string of the molecule is Cc1c(NN)nc(C(C)(C)C)nc1N1CCC(N(C)C)C1. The molecule has 6 heteroatoms. The molecule has 118 valence electrons. The molecular weight excluding hydrogens is 264 g/mol. The van der Waals surface area contributed by atoms with Gasteiger partial charge in [-0.3, -0.25) is 0 Å². The molecule has 21 heavy (non-hydrogen) atoms. The molecule has 1 atom stereocenters. The van der Waals surface area contributed by atoms with Gasteiger partial charge in [0.1, 0.15) is 17.5 Å². The van der Waals surface area contributed by atoms with Crippen LogP contribution in [0.25, 0.3) is 0 Å². The molecule has 1 saturated heterocycles. The molecule has 1 aliphatic rings. The van der Waals surface area contributed by atoms with Crippen LogP contribution in [-0.4, -0.2) is 48.1 Å². The lowest BCUT2D eigenvalue weighted by molar-refractivity contribution is 0.315. The molecular formula is C15H28N6. The fourth-order valence-electron chi connectivity index (χ4n) is 2.64. The first kappa shape index (κ1) is 16.0. The van der Waals surface area contributed by atoms with Crippen molar-refractivity contribution >= 4 is 11.6 Å². The number of anilines is 2. The average molecular weight is 292 g/mol. The fourth-order valence-corrected chi connectivity index (χ4v) is 2.64. The molecule has 2 rings (SSSR count). The maximum Gasteiger partial charge on any atom is 0.148 e. The Morgan fingerprint density at radius 3 is 2.43 bits per heavy atom. The quantitative estimate of drug-likeness (QED) is 0.650. The second-order valence-corrected chi connectivity index (χ2v) is 7.09. The molecule has 0 bridgehead atoms. The number of aromatic nitrogens is 2. The Balaban J connectivity index is 2.39. The summed E-state index contributed by atoms with van der Waals surface area (Å²) in [4.78, 5) is 14.0. The van der Waals surface area contributed by atoms with Crippen molar-refractivity contribution in [3.8, 4) is 0 Å². The van der Waals surface area contributed by atoms with E-state index in [-0.39, 0.29) is 5.41 Å². The second-order valence-electron chi connectivity index (χ2n) is 7.09. The highest BCUT2D eigenvalue weighted by Crippen LogP contribution is 2.30. The van der Waals surface area contributed by atoms with Crippen LogP contribution in [0.15, 0.2) is 0 Å². The molecule has 1 aliphatic heterocycles. The van der Waals surface area contributed by atoms with Crippen LogP contribution >= 0.6 is 0 Å². The lowest BCUT2D eigenvalue weighted by atomic mass is 9.95. The molecule has 6 nitrogen and oxygen atoms in total. The molecule has 3 N–H and O–H groups in total. The summed E-state index contributed by atoms with van der Waals surface area (Å²) in [7, 11) is 4.27. The van der Waals surface area contributed by atoms with Crippen LogP contribution in [0.4, 0.5) is 11.6 Å². The minimum absolute atomic E-state index is 0.102. The van der Waals surface area contributed by atoms with E-state index >= 15 is 0 Å². The van der Waals surface area contributed by atoms with Gasteiger partial charge in [0.15, 0.2) is 0 Å². The topological polar surface area (TPSA) is 70.3 Å². The summed E-state index contributed by atoms with van der Waals surface area (Å²) >= 11 is 0. The van der Waals surface area contributed by atoms with Gasteiger partial charge < -0.3 is 15.2 Å². The zero-order chi connectivity index (χ0) is 15.8. The summed E-state index contributed by atoms with van der Waals surface area (Å²) in [6.45, 7) is 10.4. The molecule has 1 unspecified atom stereocenters. The number of nitrogen functional groups attached to an aromatic ring is 1. The molecule has 1 aromatic rings. The van der Waals surface area contributed by atoms with Gasteiger partial charge in [-0.25, -0.2) is 15.8 Å². The van der Waals surface area contributed by atoms with Crippen molar-refractivity contribution in [2.45, 2.75) is 45.6 Å². The van der Waals surface area contributed by atoms with E-state index in [4.69, 9.17) is 10.8 Å². The number of nitrogens with zero attached hydrogens (tertiary/aromatic N) is 4. The Morgan fingerprint density at radius 2 is 1.95 bits per heavy atom. The van der Waals surface area contributed by atoms with E-state index in [1.165, 1.54) is 0 Å².